The van der Waals surface area contributed by atoms with Crippen molar-refractivity contribution < 1.29 is 9.53 Å². The molecule has 8 heteroatoms. The maximum absolute atomic E-state index is 11.3. The Morgan fingerprint density at radius 1 is 1.55 bits per heavy atom. The van der Waals surface area contributed by atoms with Gasteiger partial charge in [-0.3, -0.25) is 9.48 Å². The largest absolute Gasteiger partial charge is 0.466 e. The van der Waals surface area contributed by atoms with E-state index < -0.39 is 0 Å². The second-order valence-corrected chi connectivity index (χ2v) is 5.00. The first kappa shape index (κ1) is 14.4. The summed E-state index contributed by atoms with van der Waals surface area (Å²) in [5.41, 5.74) is 0.888. The minimum atomic E-state index is -0.187. The Hall–Kier alpha value is -1.96. The number of anilines is 1. The monoisotopic (exact) mass is 295 g/mol. The number of aromatic nitrogens is 4. The van der Waals surface area contributed by atoms with Crippen LogP contribution in [0.25, 0.3) is 0 Å². The maximum atomic E-state index is 11.3. The van der Waals surface area contributed by atoms with Crippen molar-refractivity contribution >= 4 is 22.4 Å². The summed E-state index contributed by atoms with van der Waals surface area (Å²) in [6, 6.07) is 0. The Bertz CT molecular complexity index is 566. The number of ether oxygens (including phenoxy) is 1. The fraction of sp³-hybridized carbons (Fsp3) is 0.500. The van der Waals surface area contributed by atoms with Gasteiger partial charge in [0.1, 0.15) is 6.33 Å². The van der Waals surface area contributed by atoms with E-state index in [9.17, 15) is 4.79 Å². The van der Waals surface area contributed by atoms with Crippen molar-refractivity contribution in [2.75, 3.05) is 11.9 Å². The summed E-state index contributed by atoms with van der Waals surface area (Å²) in [4.78, 5) is 19.8. The molecular formula is C12H17N5O2S. The van der Waals surface area contributed by atoms with Crippen LogP contribution in [0.3, 0.4) is 0 Å². The van der Waals surface area contributed by atoms with Crippen LogP contribution in [-0.2, 0) is 29.5 Å². The number of thiazole rings is 1. The Labute approximate surface area is 121 Å². The van der Waals surface area contributed by atoms with Crippen LogP contribution in [0.1, 0.15) is 24.9 Å². The molecule has 7 nitrogen and oxygen atoms in total. The topological polar surface area (TPSA) is 81.9 Å². The third-order valence-corrected chi connectivity index (χ3v) is 3.34. The van der Waals surface area contributed by atoms with Crippen molar-refractivity contribution in [1.29, 1.82) is 0 Å². The fourth-order valence-corrected chi connectivity index (χ4v) is 2.33. The van der Waals surface area contributed by atoms with Crippen LogP contribution in [0, 0.1) is 0 Å². The maximum Gasteiger partial charge on any atom is 0.306 e. The molecule has 0 spiro atoms. The molecule has 0 aliphatic carbocycles. The van der Waals surface area contributed by atoms with Gasteiger partial charge in [0.05, 0.1) is 25.3 Å². The summed E-state index contributed by atoms with van der Waals surface area (Å²) >= 11 is 1.50. The lowest BCUT2D eigenvalue weighted by molar-refractivity contribution is -0.143. The van der Waals surface area contributed by atoms with E-state index >= 15 is 0 Å². The fourth-order valence-electron chi connectivity index (χ4n) is 1.59. The Balaban J connectivity index is 1.78. The molecule has 2 rings (SSSR count). The van der Waals surface area contributed by atoms with E-state index in [1.54, 1.807) is 17.9 Å². The molecule has 0 bridgehead atoms. The average Bonchev–Trinajstić information content (AvgIpc) is 3.03. The van der Waals surface area contributed by atoms with Crippen LogP contribution in [-0.4, -0.2) is 32.3 Å². The molecule has 1 N–H and O–H groups in total. The molecule has 0 radical (unpaired) electrons. The SMILES string of the molecule is CCOC(=O)CCc1csc(NCc2ncn(C)n2)n1. The van der Waals surface area contributed by atoms with Gasteiger partial charge in [-0.2, -0.15) is 5.10 Å². The van der Waals surface area contributed by atoms with E-state index in [1.807, 2.05) is 12.4 Å². The molecule has 108 valence electrons. The summed E-state index contributed by atoms with van der Waals surface area (Å²) in [6.45, 7) is 2.75. The van der Waals surface area contributed by atoms with Gasteiger partial charge in [-0.1, -0.05) is 0 Å². The number of carbonyl (C=O) groups excluding carboxylic acids is 1. The van der Waals surface area contributed by atoms with Gasteiger partial charge in [0.25, 0.3) is 0 Å². The van der Waals surface area contributed by atoms with Crippen molar-refractivity contribution in [3.05, 3.63) is 23.2 Å². The van der Waals surface area contributed by atoms with Crippen molar-refractivity contribution in [3.8, 4) is 0 Å². The molecule has 0 aliphatic heterocycles. The highest BCUT2D eigenvalue weighted by atomic mass is 32.1. The van der Waals surface area contributed by atoms with Gasteiger partial charge >= 0.3 is 5.97 Å². The van der Waals surface area contributed by atoms with Crippen LogP contribution in [0.4, 0.5) is 5.13 Å². The van der Waals surface area contributed by atoms with E-state index in [1.165, 1.54) is 11.3 Å². The molecule has 2 aromatic heterocycles. The number of nitrogens with one attached hydrogen (secondary N) is 1. The van der Waals surface area contributed by atoms with Gasteiger partial charge in [0.2, 0.25) is 0 Å². The van der Waals surface area contributed by atoms with Gasteiger partial charge in [-0.15, -0.1) is 11.3 Å². The first-order valence-corrected chi connectivity index (χ1v) is 7.23. The third kappa shape index (κ3) is 4.30. The third-order valence-electron chi connectivity index (χ3n) is 2.49. The second kappa shape index (κ2) is 6.99. The van der Waals surface area contributed by atoms with E-state index in [-0.39, 0.29) is 5.97 Å². The Morgan fingerprint density at radius 3 is 3.10 bits per heavy atom. The first-order valence-electron chi connectivity index (χ1n) is 6.35. The molecule has 20 heavy (non-hydrogen) atoms. The molecular weight excluding hydrogens is 278 g/mol. The predicted octanol–water partition coefficient (Wildman–Crippen LogP) is 1.38. The van der Waals surface area contributed by atoms with E-state index in [0.717, 1.165) is 16.6 Å². The highest BCUT2D eigenvalue weighted by molar-refractivity contribution is 7.13. The van der Waals surface area contributed by atoms with Crippen LogP contribution in [0.15, 0.2) is 11.7 Å². The number of hydrogen-bond acceptors (Lipinski definition) is 7. The lowest BCUT2D eigenvalue weighted by Gasteiger charge is -1.99. The molecule has 0 saturated carbocycles. The zero-order valence-corrected chi connectivity index (χ0v) is 12.3. The smallest absolute Gasteiger partial charge is 0.306 e. The highest BCUT2D eigenvalue weighted by Gasteiger charge is 2.07. The minimum absolute atomic E-state index is 0.187. The number of carbonyl (C=O) groups is 1. The molecule has 0 aromatic carbocycles. The van der Waals surface area contributed by atoms with Crippen molar-refractivity contribution in [1.82, 2.24) is 19.7 Å². The quantitative estimate of drug-likeness (QED) is 0.777. The Kier molecular flexibility index (Phi) is 5.05. The van der Waals surface area contributed by atoms with Gasteiger partial charge in [0, 0.05) is 18.8 Å². The minimum Gasteiger partial charge on any atom is -0.466 e. The molecule has 0 fully saturated rings. The van der Waals surface area contributed by atoms with Crippen molar-refractivity contribution in [2.45, 2.75) is 26.3 Å². The zero-order chi connectivity index (χ0) is 14.4. The molecule has 0 atom stereocenters. The number of esters is 1. The first-order chi connectivity index (χ1) is 9.67. The molecule has 2 heterocycles. The van der Waals surface area contributed by atoms with E-state index in [0.29, 0.717) is 26.0 Å². The summed E-state index contributed by atoms with van der Waals surface area (Å²) in [5, 5.41) is 10.1. The Morgan fingerprint density at radius 2 is 2.40 bits per heavy atom. The number of aryl methyl sites for hydroxylation is 2. The molecule has 0 amide bonds. The summed E-state index contributed by atoms with van der Waals surface area (Å²) < 4.78 is 6.54. The van der Waals surface area contributed by atoms with Crippen LogP contribution < -0.4 is 5.32 Å². The number of rotatable bonds is 7. The summed E-state index contributed by atoms with van der Waals surface area (Å²) in [7, 11) is 1.83. The van der Waals surface area contributed by atoms with E-state index in [2.05, 4.69) is 20.4 Å². The lowest BCUT2D eigenvalue weighted by atomic mass is 10.2. The molecule has 0 aliphatic rings. The zero-order valence-electron chi connectivity index (χ0n) is 11.5. The van der Waals surface area contributed by atoms with Gasteiger partial charge < -0.3 is 10.1 Å². The summed E-state index contributed by atoms with van der Waals surface area (Å²) in [5.74, 6) is 0.531. The molecule has 0 unspecified atom stereocenters. The van der Waals surface area contributed by atoms with Crippen LogP contribution >= 0.6 is 11.3 Å². The predicted molar refractivity (Wildman–Crippen MR) is 75.4 cm³/mol. The molecule has 0 saturated heterocycles. The van der Waals surface area contributed by atoms with Gasteiger partial charge in [-0.05, 0) is 6.92 Å². The average molecular weight is 295 g/mol. The van der Waals surface area contributed by atoms with Crippen molar-refractivity contribution in [2.24, 2.45) is 7.05 Å². The standard InChI is InChI=1S/C12H17N5O2S/c1-3-19-11(18)5-4-9-7-20-12(15-9)13-6-10-14-8-17(2)16-10/h7-8H,3-6H2,1-2H3,(H,13,15). The number of nitrogens with zero attached hydrogens (tertiary/aromatic N) is 4. The highest BCUT2D eigenvalue weighted by Crippen LogP contribution is 2.17. The van der Waals surface area contributed by atoms with Crippen LogP contribution in [0.5, 0.6) is 0 Å². The van der Waals surface area contributed by atoms with Gasteiger partial charge in [0.15, 0.2) is 11.0 Å². The lowest BCUT2D eigenvalue weighted by Crippen LogP contribution is -2.05. The van der Waals surface area contributed by atoms with Gasteiger partial charge in [-0.25, -0.2) is 9.97 Å². The molecule has 2 aromatic rings. The van der Waals surface area contributed by atoms with Crippen LogP contribution in [0.2, 0.25) is 0 Å². The van der Waals surface area contributed by atoms with E-state index in [4.69, 9.17) is 4.74 Å². The normalized spacial score (nSPS) is 10.5. The number of hydrogen-bond donors (Lipinski definition) is 1. The van der Waals surface area contributed by atoms with Crippen molar-refractivity contribution in [3.63, 3.8) is 0 Å². The second-order valence-electron chi connectivity index (χ2n) is 4.14. The summed E-state index contributed by atoms with van der Waals surface area (Å²) in [6.07, 6.45) is 2.61.